The Balaban J connectivity index is 2.17. The number of thioether (sulfide) groups is 1. The molecule has 0 saturated heterocycles. The number of hydrogen-bond acceptors (Lipinski definition) is 4. The van der Waals surface area contributed by atoms with Crippen LogP contribution >= 0.6 is 50.3 Å². The molecule has 0 unspecified atom stereocenters. The zero-order valence-electron chi connectivity index (χ0n) is 12.0. The van der Waals surface area contributed by atoms with E-state index in [2.05, 4.69) is 67.9 Å². The monoisotopic (exact) mass is 477 g/mol. The van der Waals surface area contributed by atoms with Gasteiger partial charge in [0.25, 0.3) is 0 Å². The van der Waals surface area contributed by atoms with Crippen LogP contribution in [0.4, 0.5) is 5.82 Å². The SMILES string of the molecule is CCCc1nc(CSc2cccc(Br)c2)nc(NC)c1I. The standard InChI is InChI=1S/C15H17BrIN3S/c1-3-5-12-14(17)15(18-2)20-13(19-12)9-21-11-7-4-6-10(16)8-11/h4,6-8H,3,5,9H2,1-2H3,(H,18,19,20). The van der Waals surface area contributed by atoms with Crippen LogP contribution in [0.3, 0.4) is 0 Å². The summed E-state index contributed by atoms with van der Waals surface area (Å²) >= 11 is 7.58. The van der Waals surface area contributed by atoms with Crippen molar-refractivity contribution in [1.82, 2.24) is 9.97 Å². The van der Waals surface area contributed by atoms with E-state index in [0.29, 0.717) is 0 Å². The number of aromatic nitrogens is 2. The summed E-state index contributed by atoms with van der Waals surface area (Å²) in [6.07, 6.45) is 2.08. The van der Waals surface area contributed by atoms with E-state index < -0.39 is 0 Å². The zero-order chi connectivity index (χ0) is 15.2. The van der Waals surface area contributed by atoms with Crippen LogP contribution in [0, 0.1) is 3.57 Å². The molecule has 0 bridgehead atoms. The Hall–Kier alpha value is -0.340. The van der Waals surface area contributed by atoms with Crippen molar-refractivity contribution in [2.24, 2.45) is 0 Å². The van der Waals surface area contributed by atoms with Gasteiger partial charge in [-0.05, 0) is 47.2 Å². The molecule has 1 aromatic heterocycles. The molecule has 0 saturated carbocycles. The predicted molar refractivity (Wildman–Crippen MR) is 102 cm³/mol. The molecular formula is C15H17BrIN3S. The normalized spacial score (nSPS) is 10.7. The molecule has 1 N–H and O–H groups in total. The highest BCUT2D eigenvalue weighted by Crippen LogP contribution is 2.26. The van der Waals surface area contributed by atoms with Crippen molar-refractivity contribution in [3.8, 4) is 0 Å². The minimum absolute atomic E-state index is 0.777. The maximum Gasteiger partial charge on any atom is 0.143 e. The fraction of sp³-hybridized carbons (Fsp3) is 0.333. The van der Waals surface area contributed by atoms with Crippen molar-refractivity contribution in [1.29, 1.82) is 0 Å². The molecule has 2 aromatic rings. The largest absolute Gasteiger partial charge is 0.372 e. The zero-order valence-corrected chi connectivity index (χ0v) is 16.5. The van der Waals surface area contributed by atoms with Gasteiger partial charge in [0, 0.05) is 16.4 Å². The van der Waals surface area contributed by atoms with Gasteiger partial charge in [-0.2, -0.15) is 0 Å². The Bertz CT molecular complexity index is 622. The molecule has 3 nitrogen and oxygen atoms in total. The van der Waals surface area contributed by atoms with E-state index >= 15 is 0 Å². The molecule has 2 rings (SSSR count). The fourth-order valence-electron chi connectivity index (χ4n) is 1.88. The molecule has 0 aliphatic rings. The summed E-state index contributed by atoms with van der Waals surface area (Å²) in [5, 5.41) is 3.17. The number of benzene rings is 1. The van der Waals surface area contributed by atoms with E-state index in [-0.39, 0.29) is 0 Å². The average molecular weight is 478 g/mol. The number of hydrogen-bond donors (Lipinski definition) is 1. The number of anilines is 1. The van der Waals surface area contributed by atoms with Gasteiger partial charge >= 0.3 is 0 Å². The maximum atomic E-state index is 4.72. The van der Waals surface area contributed by atoms with Crippen LogP contribution in [0.1, 0.15) is 24.9 Å². The first-order valence-electron chi connectivity index (χ1n) is 6.75. The van der Waals surface area contributed by atoms with Crippen molar-refractivity contribution >= 4 is 56.1 Å². The van der Waals surface area contributed by atoms with Gasteiger partial charge in [0.05, 0.1) is 15.0 Å². The molecule has 0 fully saturated rings. The first kappa shape index (κ1) is 17.0. The Morgan fingerprint density at radius 1 is 1.33 bits per heavy atom. The summed E-state index contributed by atoms with van der Waals surface area (Å²) in [6.45, 7) is 2.17. The number of rotatable bonds is 6. The molecule has 0 amide bonds. The van der Waals surface area contributed by atoms with E-state index in [0.717, 1.165) is 44.0 Å². The van der Waals surface area contributed by atoms with Gasteiger partial charge in [-0.15, -0.1) is 11.8 Å². The van der Waals surface area contributed by atoms with Crippen LogP contribution in [0.5, 0.6) is 0 Å². The molecule has 6 heteroatoms. The number of nitrogens with one attached hydrogen (secondary N) is 1. The summed E-state index contributed by atoms with van der Waals surface area (Å²) < 4.78 is 2.23. The lowest BCUT2D eigenvalue weighted by Gasteiger charge is -2.10. The molecular weight excluding hydrogens is 461 g/mol. The summed E-state index contributed by atoms with van der Waals surface area (Å²) in [6, 6.07) is 8.30. The van der Waals surface area contributed by atoms with Crippen molar-refractivity contribution in [2.75, 3.05) is 12.4 Å². The van der Waals surface area contributed by atoms with Crippen LogP contribution in [-0.2, 0) is 12.2 Å². The first-order chi connectivity index (χ1) is 10.1. The third kappa shape index (κ3) is 4.82. The van der Waals surface area contributed by atoms with E-state index in [1.54, 1.807) is 11.8 Å². The van der Waals surface area contributed by atoms with Crippen molar-refractivity contribution in [3.63, 3.8) is 0 Å². The van der Waals surface area contributed by atoms with Gasteiger partial charge in [0.15, 0.2) is 0 Å². The number of aryl methyl sites for hydroxylation is 1. The van der Waals surface area contributed by atoms with E-state index in [1.165, 1.54) is 4.90 Å². The van der Waals surface area contributed by atoms with Crippen molar-refractivity contribution in [3.05, 3.63) is 43.8 Å². The summed E-state index contributed by atoms with van der Waals surface area (Å²) in [4.78, 5) is 10.5. The van der Waals surface area contributed by atoms with Crippen LogP contribution in [-0.4, -0.2) is 17.0 Å². The lowest BCUT2D eigenvalue weighted by atomic mass is 10.2. The minimum atomic E-state index is 0.777. The quantitative estimate of drug-likeness (QED) is 0.462. The van der Waals surface area contributed by atoms with Gasteiger partial charge in [0.1, 0.15) is 11.6 Å². The Kier molecular flexibility index (Phi) is 6.75. The lowest BCUT2D eigenvalue weighted by Crippen LogP contribution is -2.07. The smallest absolute Gasteiger partial charge is 0.143 e. The van der Waals surface area contributed by atoms with Gasteiger partial charge in [-0.3, -0.25) is 0 Å². The third-order valence-electron chi connectivity index (χ3n) is 2.85. The van der Waals surface area contributed by atoms with Crippen LogP contribution in [0.25, 0.3) is 0 Å². The van der Waals surface area contributed by atoms with E-state index in [9.17, 15) is 0 Å². The molecule has 0 aliphatic carbocycles. The lowest BCUT2D eigenvalue weighted by molar-refractivity contribution is 0.846. The van der Waals surface area contributed by atoms with Gasteiger partial charge in [-0.1, -0.05) is 35.3 Å². The maximum absolute atomic E-state index is 4.72. The minimum Gasteiger partial charge on any atom is -0.372 e. The second-order valence-electron chi connectivity index (χ2n) is 4.50. The van der Waals surface area contributed by atoms with Crippen LogP contribution < -0.4 is 5.32 Å². The third-order valence-corrected chi connectivity index (χ3v) is 5.47. The Morgan fingerprint density at radius 2 is 2.14 bits per heavy atom. The van der Waals surface area contributed by atoms with Gasteiger partial charge < -0.3 is 5.32 Å². The summed E-state index contributed by atoms with van der Waals surface area (Å²) in [5.41, 5.74) is 1.14. The second-order valence-corrected chi connectivity index (χ2v) is 7.54. The molecule has 1 aromatic carbocycles. The molecule has 0 spiro atoms. The predicted octanol–water partition coefficient (Wildman–Crippen LogP) is 5.13. The van der Waals surface area contributed by atoms with Crippen molar-refractivity contribution < 1.29 is 0 Å². The number of halogens is 2. The van der Waals surface area contributed by atoms with E-state index in [4.69, 9.17) is 4.98 Å². The highest BCUT2D eigenvalue weighted by molar-refractivity contribution is 14.1. The Morgan fingerprint density at radius 3 is 2.81 bits per heavy atom. The van der Waals surface area contributed by atoms with Gasteiger partial charge in [0.2, 0.25) is 0 Å². The molecule has 1 heterocycles. The van der Waals surface area contributed by atoms with E-state index in [1.807, 2.05) is 19.2 Å². The highest BCUT2D eigenvalue weighted by Gasteiger charge is 2.11. The molecule has 0 aliphatic heterocycles. The number of nitrogens with zero attached hydrogens (tertiary/aromatic N) is 2. The molecule has 0 radical (unpaired) electrons. The Labute approximate surface area is 152 Å². The highest BCUT2D eigenvalue weighted by atomic mass is 127. The second kappa shape index (κ2) is 8.33. The summed E-state index contributed by atoms with van der Waals surface area (Å²) in [5.74, 6) is 2.59. The van der Waals surface area contributed by atoms with Crippen LogP contribution in [0.2, 0.25) is 0 Å². The van der Waals surface area contributed by atoms with Crippen LogP contribution in [0.15, 0.2) is 33.6 Å². The molecule has 0 atom stereocenters. The fourth-order valence-corrected chi connectivity index (χ4v) is 4.02. The summed E-state index contributed by atoms with van der Waals surface area (Å²) in [7, 11) is 1.91. The van der Waals surface area contributed by atoms with Gasteiger partial charge in [-0.25, -0.2) is 9.97 Å². The average Bonchev–Trinajstić information content (AvgIpc) is 2.48. The van der Waals surface area contributed by atoms with Crippen molar-refractivity contribution in [2.45, 2.75) is 30.4 Å². The first-order valence-corrected chi connectivity index (χ1v) is 9.61. The molecule has 112 valence electrons. The molecule has 21 heavy (non-hydrogen) atoms. The topological polar surface area (TPSA) is 37.8 Å².